The Morgan fingerprint density at radius 1 is 1.12 bits per heavy atom. The Kier molecular flexibility index (Phi) is 5.99. The zero-order valence-electron chi connectivity index (χ0n) is 11.0. The molecule has 0 amide bonds. The molecule has 0 N–H and O–H groups in total. The van der Waals surface area contributed by atoms with Crippen molar-refractivity contribution >= 4 is 5.78 Å². The number of hydrogen-bond donors (Lipinski definition) is 0. The van der Waals surface area contributed by atoms with E-state index in [2.05, 4.69) is 30.9 Å². The third kappa shape index (κ3) is 5.08. The van der Waals surface area contributed by atoms with E-state index < -0.39 is 0 Å². The van der Waals surface area contributed by atoms with Crippen LogP contribution in [-0.2, 0) is 4.79 Å². The molecule has 1 saturated carbocycles. The van der Waals surface area contributed by atoms with E-state index in [9.17, 15) is 4.79 Å². The molecule has 0 aromatic carbocycles. The van der Waals surface area contributed by atoms with E-state index in [0.717, 1.165) is 32.4 Å². The van der Waals surface area contributed by atoms with Gasteiger partial charge in [0.25, 0.3) is 0 Å². The second-order valence-electron chi connectivity index (χ2n) is 5.34. The lowest BCUT2D eigenvalue weighted by atomic mass is 10.0. The third-order valence-corrected chi connectivity index (χ3v) is 3.38. The summed E-state index contributed by atoms with van der Waals surface area (Å²) in [6.07, 6.45) is 5.90. The van der Waals surface area contributed by atoms with Gasteiger partial charge < -0.3 is 4.90 Å². The van der Waals surface area contributed by atoms with E-state index in [1.165, 1.54) is 12.8 Å². The molecule has 1 aliphatic carbocycles. The highest BCUT2D eigenvalue weighted by Gasteiger charge is 2.22. The monoisotopic (exact) mass is 226 g/mol. The molecule has 0 spiro atoms. The van der Waals surface area contributed by atoms with Gasteiger partial charge in [0.2, 0.25) is 0 Å². The van der Waals surface area contributed by atoms with Crippen LogP contribution in [-0.4, -0.2) is 56.4 Å². The molecule has 1 aliphatic rings. The summed E-state index contributed by atoms with van der Waals surface area (Å²) in [6.45, 7) is 2.77. The standard InChI is InChI=1S/C13H26N2O/c1-14(2)9-6-10-15(3)11-13(16)12-7-4-5-8-12/h12H,4-11H2,1-3H3. The molecule has 0 unspecified atom stereocenters. The molecule has 94 valence electrons. The maximum absolute atomic E-state index is 11.9. The maximum atomic E-state index is 11.9. The number of likely N-dealkylation sites (N-methyl/N-ethyl adjacent to an activating group) is 1. The van der Waals surface area contributed by atoms with Crippen LogP contribution in [0.1, 0.15) is 32.1 Å². The van der Waals surface area contributed by atoms with Gasteiger partial charge in [-0.25, -0.2) is 0 Å². The summed E-state index contributed by atoms with van der Waals surface area (Å²) in [7, 11) is 6.23. The summed E-state index contributed by atoms with van der Waals surface area (Å²) in [5.41, 5.74) is 0. The highest BCUT2D eigenvalue weighted by molar-refractivity contribution is 5.83. The molecular formula is C13H26N2O. The summed E-state index contributed by atoms with van der Waals surface area (Å²) in [5.74, 6) is 0.834. The van der Waals surface area contributed by atoms with Gasteiger partial charge in [0.15, 0.2) is 0 Å². The fourth-order valence-electron chi connectivity index (χ4n) is 2.38. The van der Waals surface area contributed by atoms with Crippen LogP contribution in [0.3, 0.4) is 0 Å². The third-order valence-electron chi connectivity index (χ3n) is 3.38. The van der Waals surface area contributed by atoms with Gasteiger partial charge in [-0.3, -0.25) is 9.69 Å². The fourth-order valence-corrected chi connectivity index (χ4v) is 2.38. The van der Waals surface area contributed by atoms with E-state index in [-0.39, 0.29) is 0 Å². The SMILES string of the molecule is CN(C)CCCN(C)CC(=O)C1CCCC1. The van der Waals surface area contributed by atoms with E-state index >= 15 is 0 Å². The van der Waals surface area contributed by atoms with Crippen molar-refractivity contribution in [1.82, 2.24) is 9.80 Å². The molecule has 3 nitrogen and oxygen atoms in total. The summed E-state index contributed by atoms with van der Waals surface area (Å²) >= 11 is 0. The second-order valence-corrected chi connectivity index (χ2v) is 5.34. The summed E-state index contributed by atoms with van der Waals surface area (Å²) in [5, 5.41) is 0. The molecule has 3 heteroatoms. The predicted octanol–water partition coefficient (Wildman–Crippen LogP) is 1.63. The Balaban J connectivity index is 2.12. The van der Waals surface area contributed by atoms with E-state index in [0.29, 0.717) is 18.2 Å². The van der Waals surface area contributed by atoms with Crippen molar-refractivity contribution in [3.8, 4) is 0 Å². The molecule has 0 aliphatic heterocycles. The average Bonchev–Trinajstić information content (AvgIpc) is 2.69. The Labute approximate surface area is 99.8 Å². The largest absolute Gasteiger partial charge is 0.309 e. The van der Waals surface area contributed by atoms with Gasteiger partial charge in [0.05, 0.1) is 6.54 Å². The molecule has 0 saturated heterocycles. The van der Waals surface area contributed by atoms with Gasteiger partial charge in [-0.15, -0.1) is 0 Å². The van der Waals surface area contributed by atoms with E-state index in [1.54, 1.807) is 0 Å². The fraction of sp³-hybridized carbons (Fsp3) is 0.923. The quantitative estimate of drug-likeness (QED) is 0.659. The van der Waals surface area contributed by atoms with Crippen LogP contribution in [0.15, 0.2) is 0 Å². The number of ketones is 1. The van der Waals surface area contributed by atoms with Crippen molar-refractivity contribution in [1.29, 1.82) is 0 Å². The molecule has 16 heavy (non-hydrogen) atoms. The lowest BCUT2D eigenvalue weighted by molar-refractivity contribution is -0.123. The molecule has 0 heterocycles. The normalized spacial score (nSPS) is 17.6. The first-order chi connectivity index (χ1) is 7.59. The minimum Gasteiger partial charge on any atom is -0.309 e. The number of nitrogens with zero attached hydrogens (tertiary/aromatic N) is 2. The van der Waals surface area contributed by atoms with Gasteiger partial charge in [0.1, 0.15) is 5.78 Å². The topological polar surface area (TPSA) is 23.6 Å². The lowest BCUT2D eigenvalue weighted by Crippen LogP contribution is -2.31. The van der Waals surface area contributed by atoms with E-state index in [1.807, 2.05) is 0 Å². The Hall–Kier alpha value is -0.410. The lowest BCUT2D eigenvalue weighted by Gasteiger charge is -2.19. The Morgan fingerprint density at radius 2 is 1.75 bits per heavy atom. The van der Waals surface area contributed by atoms with Gasteiger partial charge in [-0.1, -0.05) is 12.8 Å². The Morgan fingerprint density at radius 3 is 2.31 bits per heavy atom. The number of carbonyl (C=O) groups is 1. The molecule has 0 atom stereocenters. The molecule has 0 aromatic rings. The molecule has 0 radical (unpaired) electrons. The van der Waals surface area contributed by atoms with Crippen LogP contribution in [0.4, 0.5) is 0 Å². The van der Waals surface area contributed by atoms with Crippen molar-refractivity contribution in [3.05, 3.63) is 0 Å². The van der Waals surface area contributed by atoms with Crippen molar-refractivity contribution in [3.63, 3.8) is 0 Å². The zero-order chi connectivity index (χ0) is 12.0. The van der Waals surface area contributed by atoms with E-state index in [4.69, 9.17) is 0 Å². The van der Waals surface area contributed by atoms with Crippen LogP contribution < -0.4 is 0 Å². The van der Waals surface area contributed by atoms with Crippen LogP contribution in [0.25, 0.3) is 0 Å². The molecule has 0 aromatic heterocycles. The maximum Gasteiger partial charge on any atom is 0.149 e. The van der Waals surface area contributed by atoms with Crippen LogP contribution in [0.5, 0.6) is 0 Å². The minimum absolute atomic E-state index is 0.372. The number of hydrogen-bond acceptors (Lipinski definition) is 3. The number of Topliss-reactive ketones (excluding diaryl/α,β-unsaturated/α-hetero) is 1. The predicted molar refractivity (Wildman–Crippen MR) is 67.6 cm³/mol. The Bertz CT molecular complexity index is 210. The van der Waals surface area contributed by atoms with Gasteiger partial charge in [-0.2, -0.15) is 0 Å². The average molecular weight is 226 g/mol. The van der Waals surface area contributed by atoms with Gasteiger partial charge in [-0.05, 0) is 53.5 Å². The molecule has 0 bridgehead atoms. The van der Waals surface area contributed by atoms with Crippen molar-refractivity contribution in [2.24, 2.45) is 5.92 Å². The molecule has 1 rings (SSSR count). The highest BCUT2D eigenvalue weighted by atomic mass is 16.1. The second kappa shape index (κ2) is 7.02. The number of rotatable bonds is 7. The first-order valence-electron chi connectivity index (χ1n) is 6.45. The first kappa shape index (κ1) is 13.7. The van der Waals surface area contributed by atoms with Crippen molar-refractivity contribution in [2.45, 2.75) is 32.1 Å². The smallest absolute Gasteiger partial charge is 0.149 e. The van der Waals surface area contributed by atoms with Gasteiger partial charge in [0, 0.05) is 5.92 Å². The van der Waals surface area contributed by atoms with Gasteiger partial charge >= 0.3 is 0 Å². The minimum atomic E-state index is 0.372. The zero-order valence-corrected chi connectivity index (χ0v) is 11.0. The van der Waals surface area contributed by atoms with Crippen molar-refractivity contribution < 1.29 is 4.79 Å². The van der Waals surface area contributed by atoms with Crippen LogP contribution in [0, 0.1) is 5.92 Å². The van der Waals surface area contributed by atoms with Crippen LogP contribution in [0.2, 0.25) is 0 Å². The highest BCUT2D eigenvalue weighted by Crippen LogP contribution is 2.25. The summed E-state index contributed by atoms with van der Waals surface area (Å²) in [4.78, 5) is 16.3. The summed E-state index contributed by atoms with van der Waals surface area (Å²) in [6, 6.07) is 0. The molecule has 1 fully saturated rings. The summed E-state index contributed by atoms with van der Waals surface area (Å²) < 4.78 is 0. The molecular weight excluding hydrogens is 200 g/mol. The van der Waals surface area contributed by atoms with Crippen molar-refractivity contribution in [2.75, 3.05) is 40.8 Å². The first-order valence-corrected chi connectivity index (χ1v) is 6.45. The van der Waals surface area contributed by atoms with Crippen LogP contribution >= 0.6 is 0 Å². The number of carbonyl (C=O) groups excluding carboxylic acids is 1.